The molecule has 0 bridgehead atoms. The first-order valence-electron chi connectivity index (χ1n) is 6.22. The highest BCUT2D eigenvalue weighted by Crippen LogP contribution is 2.20. The monoisotopic (exact) mass is 290 g/mol. The van der Waals surface area contributed by atoms with E-state index in [2.05, 4.69) is 0 Å². The van der Waals surface area contributed by atoms with Crippen molar-refractivity contribution in [3.05, 3.63) is 64.7 Å². The highest BCUT2D eigenvalue weighted by molar-refractivity contribution is 6.67. The number of carbonyl (C=O) groups excluding carboxylic acids is 1. The molecule has 104 valence electrons. The van der Waals surface area contributed by atoms with Gasteiger partial charge in [0, 0.05) is 5.56 Å². The van der Waals surface area contributed by atoms with Crippen molar-refractivity contribution in [2.24, 2.45) is 0 Å². The maximum absolute atomic E-state index is 11.2. The van der Waals surface area contributed by atoms with E-state index < -0.39 is 5.24 Å². The number of ether oxygens (including phenoxy) is 1. The number of aliphatic hydroxyl groups is 1. The van der Waals surface area contributed by atoms with Gasteiger partial charge in [0.25, 0.3) is 5.24 Å². The summed E-state index contributed by atoms with van der Waals surface area (Å²) in [6.45, 7) is 2.12. The van der Waals surface area contributed by atoms with Gasteiger partial charge in [-0.05, 0) is 53.4 Å². The number of halogens is 1. The molecule has 20 heavy (non-hydrogen) atoms. The second kappa shape index (κ2) is 6.55. The molecule has 2 rings (SSSR count). The van der Waals surface area contributed by atoms with Crippen LogP contribution < -0.4 is 4.74 Å². The molecule has 2 aromatic rings. The minimum Gasteiger partial charge on any atom is -0.489 e. The minimum absolute atomic E-state index is 0.230. The lowest BCUT2D eigenvalue weighted by molar-refractivity contribution is 0.107. The Balaban J connectivity index is 2.15. The van der Waals surface area contributed by atoms with Crippen LogP contribution in [0.2, 0.25) is 0 Å². The van der Waals surface area contributed by atoms with Gasteiger partial charge in [-0.3, -0.25) is 4.79 Å². The van der Waals surface area contributed by atoms with E-state index in [0.29, 0.717) is 17.7 Å². The summed E-state index contributed by atoms with van der Waals surface area (Å²) < 4.78 is 5.72. The molecule has 1 N–H and O–H groups in total. The van der Waals surface area contributed by atoms with Gasteiger partial charge >= 0.3 is 0 Å². The fourth-order valence-corrected chi connectivity index (χ4v) is 2.12. The number of aliphatic hydroxyl groups excluding tert-OH is 1. The van der Waals surface area contributed by atoms with E-state index in [1.54, 1.807) is 18.2 Å². The second-order valence-electron chi connectivity index (χ2n) is 4.48. The van der Waals surface area contributed by atoms with E-state index in [0.717, 1.165) is 16.9 Å². The third kappa shape index (κ3) is 3.38. The van der Waals surface area contributed by atoms with E-state index >= 15 is 0 Å². The van der Waals surface area contributed by atoms with E-state index in [9.17, 15) is 9.90 Å². The molecule has 4 heteroatoms. The van der Waals surface area contributed by atoms with E-state index in [4.69, 9.17) is 16.3 Å². The molecule has 0 atom stereocenters. The maximum atomic E-state index is 11.2. The third-order valence-electron chi connectivity index (χ3n) is 3.04. The van der Waals surface area contributed by atoms with Crippen LogP contribution in [-0.2, 0) is 13.2 Å². The lowest BCUT2D eigenvalue weighted by Gasteiger charge is -2.10. The Morgan fingerprint density at radius 1 is 1.25 bits per heavy atom. The summed E-state index contributed by atoms with van der Waals surface area (Å²) in [7, 11) is 0. The summed E-state index contributed by atoms with van der Waals surface area (Å²) in [5.74, 6) is 0.815. The first kappa shape index (κ1) is 14.6. The highest BCUT2D eigenvalue weighted by Gasteiger charge is 2.09. The number of aryl methyl sites for hydroxylation is 1. The average Bonchev–Trinajstić information content (AvgIpc) is 2.46. The van der Waals surface area contributed by atoms with Gasteiger partial charge in [-0.15, -0.1) is 0 Å². The van der Waals surface area contributed by atoms with Crippen molar-refractivity contribution in [1.82, 2.24) is 0 Å². The summed E-state index contributed by atoms with van der Waals surface area (Å²) in [4.78, 5) is 11.2. The van der Waals surface area contributed by atoms with Crippen molar-refractivity contribution in [1.29, 1.82) is 0 Å². The smallest absolute Gasteiger partial charge is 0.252 e. The Kier molecular flexibility index (Phi) is 4.77. The van der Waals surface area contributed by atoms with Crippen LogP contribution in [0.3, 0.4) is 0 Å². The van der Waals surface area contributed by atoms with Crippen molar-refractivity contribution >= 4 is 16.8 Å². The van der Waals surface area contributed by atoms with E-state index in [1.165, 1.54) is 0 Å². The van der Waals surface area contributed by atoms with Crippen molar-refractivity contribution < 1.29 is 14.6 Å². The summed E-state index contributed by atoms with van der Waals surface area (Å²) >= 11 is 5.45. The summed E-state index contributed by atoms with van der Waals surface area (Å²) in [6.07, 6.45) is 0. The fourth-order valence-electron chi connectivity index (χ4n) is 1.94. The van der Waals surface area contributed by atoms with Crippen molar-refractivity contribution in [3.8, 4) is 5.75 Å². The van der Waals surface area contributed by atoms with Crippen molar-refractivity contribution in [2.45, 2.75) is 20.1 Å². The largest absolute Gasteiger partial charge is 0.489 e. The first-order chi connectivity index (χ1) is 9.61. The number of hydrogen-bond acceptors (Lipinski definition) is 3. The van der Waals surface area contributed by atoms with Gasteiger partial charge in [0.05, 0.1) is 6.61 Å². The molecule has 0 saturated heterocycles. The minimum atomic E-state index is -0.569. The van der Waals surface area contributed by atoms with Gasteiger partial charge in [-0.25, -0.2) is 0 Å². The summed E-state index contributed by atoms with van der Waals surface area (Å²) in [5, 5.41) is 8.70. The predicted molar refractivity (Wildman–Crippen MR) is 78.1 cm³/mol. The van der Waals surface area contributed by atoms with Gasteiger partial charge in [-0.2, -0.15) is 0 Å². The molecule has 0 heterocycles. The predicted octanol–water partition coefficient (Wildman–Crippen LogP) is 3.45. The number of carbonyl (C=O) groups is 1. The molecule has 3 nitrogen and oxygen atoms in total. The van der Waals surface area contributed by atoms with Crippen LogP contribution >= 0.6 is 11.6 Å². The summed E-state index contributed by atoms with van der Waals surface area (Å²) in [5.41, 5.74) is 2.77. The van der Waals surface area contributed by atoms with Gasteiger partial charge in [0.15, 0.2) is 0 Å². The van der Waals surface area contributed by atoms with Gasteiger partial charge in [0.1, 0.15) is 12.4 Å². The molecule has 0 aliphatic carbocycles. The normalized spacial score (nSPS) is 10.3. The lowest BCUT2D eigenvalue weighted by atomic mass is 10.1. The van der Waals surface area contributed by atoms with Gasteiger partial charge < -0.3 is 9.84 Å². The maximum Gasteiger partial charge on any atom is 0.252 e. The summed E-state index contributed by atoms with van der Waals surface area (Å²) in [6, 6.07) is 12.9. The van der Waals surface area contributed by atoms with Crippen LogP contribution in [0.4, 0.5) is 0 Å². The van der Waals surface area contributed by atoms with E-state index in [-0.39, 0.29) is 6.61 Å². The second-order valence-corrected chi connectivity index (χ2v) is 4.82. The molecule has 0 aliphatic rings. The van der Waals surface area contributed by atoms with Gasteiger partial charge in [0.2, 0.25) is 0 Å². The molecule has 0 saturated carbocycles. The first-order valence-corrected chi connectivity index (χ1v) is 6.60. The zero-order chi connectivity index (χ0) is 14.5. The van der Waals surface area contributed by atoms with Gasteiger partial charge in [-0.1, -0.05) is 24.3 Å². The molecular weight excluding hydrogens is 276 g/mol. The molecule has 0 aliphatic heterocycles. The topological polar surface area (TPSA) is 46.5 Å². The standard InChI is InChI=1S/C16H15ClO3/c1-11-4-2-3-5-15(11)20-10-12-6-7-14(16(17)19)13(8-12)9-18/h2-8,18H,9-10H2,1H3. The highest BCUT2D eigenvalue weighted by atomic mass is 35.5. The molecule has 2 aromatic carbocycles. The van der Waals surface area contributed by atoms with Crippen LogP contribution in [-0.4, -0.2) is 10.3 Å². The van der Waals surface area contributed by atoms with Crippen LogP contribution in [0.15, 0.2) is 42.5 Å². The number of para-hydroxylation sites is 1. The quantitative estimate of drug-likeness (QED) is 0.858. The third-order valence-corrected chi connectivity index (χ3v) is 3.24. The molecule has 0 aromatic heterocycles. The molecule has 0 fully saturated rings. The Labute approximate surface area is 122 Å². The number of rotatable bonds is 5. The zero-order valence-electron chi connectivity index (χ0n) is 11.1. The molecule has 0 amide bonds. The average molecular weight is 291 g/mol. The van der Waals surface area contributed by atoms with Crippen molar-refractivity contribution in [3.63, 3.8) is 0 Å². The van der Waals surface area contributed by atoms with Crippen LogP contribution in [0, 0.1) is 6.92 Å². The number of benzene rings is 2. The van der Waals surface area contributed by atoms with Crippen LogP contribution in [0.5, 0.6) is 5.75 Å². The molecule has 0 unspecified atom stereocenters. The van der Waals surface area contributed by atoms with E-state index in [1.807, 2.05) is 31.2 Å². The Morgan fingerprint density at radius 2 is 2.00 bits per heavy atom. The fraction of sp³-hybridized carbons (Fsp3) is 0.188. The zero-order valence-corrected chi connectivity index (χ0v) is 11.9. The molecule has 0 radical (unpaired) electrons. The van der Waals surface area contributed by atoms with Crippen LogP contribution in [0.1, 0.15) is 27.0 Å². The van der Waals surface area contributed by atoms with Crippen LogP contribution in [0.25, 0.3) is 0 Å². The Bertz CT molecular complexity index is 623. The Hall–Kier alpha value is -1.84. The SMILES string of the molecule is Cc1ccccc1OCc1ccc(C(=O)Cl)c(CO)c1. The molecular formula is C16H15ClO3. The Morgan fingerprint density at radius 3 is 2.65 bits per heavy atom. The molecule has 0 spiro atoms. The van der Waals surface area contributed by atoms with Crippen molar-refractivity contribution in [2.75, 3.05) is 0 Å². The number of hydrogen-bond donors (Lipinski definition) is 1. The lowest BCUT2D eigenvalue weighted by Crippen LogP contribution is -2.02.